The van der Waals surface area contributed by atoms with E-state index >= 15 is 0 Å². The van der Waals surface area contributed by atoms with Gasteiger partial charge in [-0.15, -0.1) is 0 Å². The van der Waals surface area contributed by atoms with Gasteiger partial charge in [0.05, 0.1) is 12.1 Å². The topological polar surface area (TPSA) is 78.7 Å². The second-order valence-corrected chi connectivity index (χ2v) is 6.66. The molecule has 2 saturated heterocycles. The van der Waals surface area contributed by atoms with Gasteiger partial charge >= 0.3 is 6.03 Å². The highest BCUT2D eigenvalue weighted by molar-refractivity contribution is 5.83. The van der Waals surface area contributed by atoms with Crippen LogP contribution in [0.4, 0.5) is 4.79 Å². The molecule has 6 heteroatoms. The van der Waals surface area contributed by atoms with E-state index in [9.17, 15) is 9.59 Å². The number of piperazine rings is 1. The summed E-state index contributed by atoms with van der Waals surface area (Å²) in [5, 5.41) is 2.83. The Balaban J connectivity index is 1.51. The molecule has 3 N–H and O–H groups in total. The number of carbonyl (C=O) groups excluding carboxylic acids is 2. The van der Waals surface area contributed by atoms with Gasteiger partial charge in [-0.2, -0.15) is 0 Å². The lowest BCUT2D eigenvalue weighted by molar-refractivity contribution is -0.135. The van der Waals surface area contributed by atoms with Gasteiger partial charge in [0.2, 0.25) is 5.91 Å². The lowest BCUT2D eigenvalue weighted by Gasteiger charge is -2.38. The van der Waals surface area contributed by atoms with Crippen LogP contribution in [0.15, 0.2) is 0 Å². The van der Waals surface area contributed by atoms with E-state index in [1.54, 1.807) is 0 Å². The van der Waals surface area contributed by atoms with Crippen molar-refractivity contribution in [2.45, 2.75) is 50.6 Å². The van der Waals surface area contributed by atoms with Crippen LogP contribution >= 0.6 is 0 Å². The fourth-order valence-electron chi connectivity index (χ4n) is 3.92. The van der Waals surface area contributed by atoms with Crippen molar-refractivity contribution in [2.75, 3.05) is 26.2 Å². The van der Waals surface area contributed by atoms with Gasteiger partial charge in [0.25, 0.3) is 0 Å². The van der Waals surface area contributed by atoms with Crippen LogP contribution in [0.1, 0.15) is 38.5 Å². The first kappa shape index (κ1) is 14.6. The van der Waals surface area contributed by atoms with Crippen LogP contribution in [0, 0.1) is 5.92 Å². The van der Waals surface area contributed by atoms with Crippen LogP contribution in [0.3, 0.4) is 0 Å². The minimum atomic E-state index is -0.371. The first-order valence-corrected chi connectivity index (χ1v) is 8.24. The minimum Gasteiger partial charge on any atom is -0.337 e. The molecule has 3 amide bonds. The number of hydrogen-bond donors (Lipinski definition) is 2. The summed E-state index contributed by atoms with van der Waals surface area (Å²) >= 11 is 0. The Bertz CT molecular complexity index is 408. The summed E-state index contributed by atoms with van der Waals surface area (Å²) in [4.78, 5) is 27.8. The molecule has 2 aliphatic heterocycles. The number of fused-ring (bicyclic) bond motifs is 1. The summed E-state index contributed by atoms with van der Waals surface area (Å²) in [5.74, 6) is 0.688. The van der Waals surface area contributed by atoms with Gasteiger partial charge in [-0.3, -0.25) is 4.79 Å². The second kappa shape index (κ2) is 6.22. The van der Waals surface area contributed by atoms with Gasteiger partial charge in [-0.1, -0.05) is 32.1 Å². The summed E-state index contributed by atoms with van der Waals surface area (Å²) < 4.78 is 0. The van der Waals surface area contributed by atoms with Crippen molar-refractivity contribution in [2.24, 2.45) is 11.7 Å². The third kappa shape index (κ3) is 3.15. The smallest absolute Gasteiger partial charge is 0.317 e. The monoisotopic (exact) mass is 294 g/mol. The standard InChI is InChI=1S/C15H26N4O2/c16-13(8-11-4-2-1-3-5-11)14(20)18-6-7-19-12(10-18)9-17-15(19)21/h11-13H,1-10,16H2,(H,17,21). The van der Waals surface area contributed by atoms with Crippen LogP contribution in [0.25, 0.3) is 0 Å². The summed E-state index contributed by atoms with van der Waals surface area (Å²) in [6.07, 6.45) is 7.14. The average Bonchev–Trinajstić information content (AvgIpc) is 2.88. The minimum absolute atomic E-state index is 0.00129. The lowest BCUT2D eigenvalue weighted by Crippen LogP contribution is -2.57. The maximum atomic E-state index is 12.5. The van der Waals surface area contributed by atoms with E-state index in [1.165, 1.54) is 32.1 Å². The van der Waals surface area contributed by atoms with Crippen molar-refractivity contribution < 1.29 is 9.59 Å². The SMILES string of the molecule is NC(CC1CCCCC1)C(=O)N1CCN2C(=O)NCC2C1. The van der Waals surface area contributed by atoms with E-state index in [0.29, 0.717) is 32.1 Å². The Morgan fingerprint density at radius 3 is 2.81 bits per heavy atom. The van der Waals surface area contributed by atoms with Crippen LogP contribution in [0.2, 0.25) is 0 Å². The number of nitrogens with zero attached hydrogens (tertiary/aromatic N) is 2. The molecule has 0 bridgehead atoms. The highest BCUT2D eigenvalue weighted by Gasteiger charge is 2.38. The number of nitrogens with two attached hydrogens (primary N) is 1. The molecule has 2 unspecified atom stereocenters. The summed E-state index contributed by atoms with van der Waals surface area (Å²) in [5.41, 5.74) is 6.16. The van der Waals surface area contributed by atoms with Crippen molar-refractivity contribution in [1.82, 2.24) is 15.1 Å². The highest BCUT2D eigenvalue weighted by Crippen LogP contribution is 2.27. The van der Waals surface area contributed by atoms with Gasteiger partial charge < -0.3 is 20.9 Å². The summed E-state index contributed by atoms with van der Waals surface area (Å²) in [6, 6.07) is -0.250. The molecule has 0 aromatic heterocycles. The highest BCUT2D eigenvalue weighted by atomic mass is 16.2. The van der Waals surface area contributed by atoms with E-state index in [1.807, 2.05) is 9.80 Å². The van der Waals surface area contributed by atoms with Gasteiger partial charge in [-0.25, -0.2) is 4.79 Å². The Hall–Kier alpha value is -1.30. The van der Waals surface area contributed by atoms with Crippen LogP contribution in [0.5, 0.6) is 0 Å². The maximum Gasteiger partial charge on any atom is 0.317 e. The molecule has 6 nitrogen and oxygen atoms in total. The molecule has 2 heterocycles. The molecule has 0 radical (unpaired) electrons. The molecule has 3 fully saturated rings. The first-order chi connectivity index (χ1) is 10.1. The number of carbonyl (C=O) groups is 2. The summed E-state index contributed by atoms with van der Waals surface area (Å²) in [7, 11) is 0. The van der Waals surface area contributed by atoms with Gasteiger partial charge in [0.1, 0.15) is 0 Å². The van der Waals surface area contributed by atoms with Gasteiger partial charge in [0, 0.05) is 26.2 Å². The maximum absolute atomic E-state index is 12.5. The zero-order valence-electron chi connectivity index (χ0n) is 12.6. The zero-order valence-corrected chi connectivity index (χ0v) is 12.6. The predicted octanol–water partition coefficient (Wildman–Crippen LogP) is 0.520. The second-order valence-electron chi connectivity index (χ2n) is 6.66. The van der Waals surface area contributed by atoms with E-state index in [-0.39, 0.29) is 24.0 Å². The Labute approximate surface area is 126 Å². The van der Waals surface area contributed by atoms with Gasteiger partial charge in [-0.05, 0) is 12.3 Å². The van der Waals surface area contributed by atoms with Crippen LogP contribution < -0.4 is 11.1 Å². The number of rotatable bonds is 3. The molecule has 21 heavy (non-hydrogen) atoms. The molecule has 0 aromatic carbocycles. The fourth-order valence-corrected chi connectivity index (χ4v) is 3.92. The van der Waals surface area contributed by atoms with Crippen LogP contribution in [-0.2, 0) is 4.79 Å². The molecule has 1 saturated carbocycles. The molecular formula is C15H26N4O2. The van der Waals surface area contributed by atoms with Gasteiger partial charge in [0.15, 0.2) is 0 Å². The quantitative estimate of drug-likeness (QED) is 0.796. The van der Waals surface area contributed by atoms with Crippen molar-refractivity contribution in [3.8, 4) is 0 Å². The van der Waals surface area contributed by atoms with Crippen molar-refractivity contribution >= 4 is 11.9 Å². The van der Waals surface area contributed by atoms with Crippen molar-refractivity contribution in [3.63, 3.8) is 0 Å². The zero-order chi connectivity index (χ0) is 14.8. The molecule has 118 valence electrons. The lowest BCUT2D eigenvalue weighted by atomic mass is 9.84. The van der Waals surface area contributed by atoms with Crippen LogP contribution in [-0.4, -0.2) is 60.0 Å². The average molecular weight is 294 g/mol. The molecular weight excluding hydrogens is 268 g/mol. The van der Waals surface area contributed by atoms with E-state index in [2.05, 4.69) is 5.32 Å². The van der Waals surface area contributed by atoms with E-state index < -0.39 is 0 Å². The number of urea groups is 1. The molecule has 2 atom stereocenters. The van der Waals surface area contributed by atoms with Crippen molar-refractivity contribution in [1.29, 1.82) is 0 Å². The molecule has 0 aromatic rings. The molecule has 3 aliphatic rings. The number of amides is 3. The van der Waals surface area contributed by atoms with Crippen molar-refractivity contribution in [3.05, 3.63) is 0 Å². The Morgan fingerprint density at radius 2 is 2.05 bits per heavy atom. The molecule has 3 rings (SSSR count). The molecule has 1 aliphatic carbocycles. The van der Waals surface area contributed by atoms with E-state index in [0.717, 1.165) is 6.42 Å². The number of nitrogens with one attached hydrogen (secondary N) is 1. The summed E-state index contributed by atoms with van der Waals surface area (Å²) in [6.45, 7) is 2.50. The Morgan fingerprint density at radius 1 is 1.29 bits per heavy atom. The third-order valence-corrected chi connectivity index (χ3v) is 5.17. The van der Waals surface area contributed by atoms with E-state index in [4.69, 9.17) is 5.73 Å². The largest absolute Gasteiger partial charge is 0.337 e. The predicted molar refractivity (Wildman–Crippen MR) is 79.6 cm³/mol. The normalized spacial score (nSPS) is 28.2. The Kier molecular flexibility index (Phi) is 4.33. The fraction of sp³-hybridized carbons (Fsp3) is 0.867. The molecule has 0 spiro atoms. The number of hydrogen-bond acceptors (Lipinski definition) is 3. The first-order valence-electron chi connectivity index (χ1n) is 8.24. The third-order valence-electron chi connectivity index (χ3n) is 5.17.